The Bertz CT molecular complexity index is 631. The minimum absolute atomic E-state index is 0.0748. The molecule has 0 bridgehead atoms. The molecule has 2 aliphatic heterocycles. The molecule has 0 N–H and O–H groups in total. The van der Waals surface area contributed by atoms with Gasteiger partial charge in [0, 0.05) is 24.7 Å². The molecule has 0 radical (unpaired) electrons. The number of carbonyl (C=O) groups excluding carboxylic acids is 2. The number of hydrogen-bond acceptors (Lipinski definition) is 2. The maximum atomic E-state index is 13.1. The van der Waals surface area contributed by atoms with Gasteiger partial charge in [-0.3, -0.25) is 9.59 Å². The fourth-order valence-electron chi connectivity index (χ4n) is 3.58. The smallest absolute Gasteiger partial charge is 0.245 e. The zero-order valence-electron chi connectivity index (χ0n) is 13.6. The van der Waals surface area contributed by atoms with Gasteiger partial charge < -0.3 is 9.80 Å². The van der Waals surface area contributed by atoms with E-state index in [1.54, 1.807) is 4.90 Å². The van der Waals surface area contributed by atoms with Gasteiger partial charge in [0.1, 0.15) is 11.9 Å². The van der Waals surface area contributed by atoms with Crippen LogP contribution in [0.15, 0.2) is 18.2 Å². The van der Waals surface area contributed by atoms with Crippen LogP contribution in [0.2, 0.25) is 5.02 Å². The predicted molar refractivity (Wildman–Crippen MR) is 90.3 cm³/mol. The Morgan fingerprint density at radius 1 is 1.12 bits per heavy atom. The highest BCUT2D eigenvalue weighted by atomic mass is 35.5. The molecule has 1 aromatic rings. The average molecular weight is 353 g/mol. The van der Waals surface area contributed by atoms with Crippen LogP contribution in [0.5, 0.6) is 0 Å². The van der Waals surface area contributed by atoms with E-state index in [9.17, 15) is 14.0 Å². The molecule has 2 heterocycles. The van der Waals surface area contributed by atoms with E-state index in [0.717, 1.165) is 38.8 Å². The summed E-state index contributed by atoms with van der Waals surface area (Å²) >= 11 is 6.02. The van der Waals surface area contributed by atoms with E-state index < -0.39 is 5.82 Å². The van der Waals surface area contributed by atoms with Crippen molar-refractivity contribution in [2.24, 2.45) is 0 Å². The first-order valence-electron chi connectivity index (χ1n) is 8.58. The van der Waals surface area contributed by atoms with Crippen molar-refractivity contribution in [1.29, 1.82) is 0 Å². The number of likely N-dealkylation sites (tertiary alicyclic amines) is 2. The van der Waals surface area contributed by atoms with Crippen molar-refractivity contribution in [2.75, 3.05) is 19.6 Å². The summed E-state index contributed by atoms with van der Waals surface area (Å²) in [7, 11) is 0. The normalized spacial score (nSPS) is 21.2. The molecule has 0 aromatic heterocycles. The van der Waals surface area contributed by atoms with Gasteiger partial charge in [0.2, 0.25) is 11.8 Å². The van der Waals surface area contributed by atoms with Gasteiger partial charge in [-0.15, -0.1) is 0 Å². The van der Waals surface area contributed by atoms with Gasteiger partial charge in [0.15, 0.2) is 0 Å². The molecule has 1 aromatic carbocycles. The maximum absolute atomic E-state index is 13.1. The lowest BCUT2D eigenvalue weighted by molar-refractivity contribution is -0.144. The summed E-state index contributed by atoms with van der Waals surface area (Å²) in [5, 5.41) is 0.251. The monoisotopic (exact) mass is 352 g/mol. The highest BCUT2D eigenvalue weighted by Gasteiger charge is 2.36. The molecular formula is C18H22ClFN2O2. The molecule has 0 saturated carbocycles. The third-order valence-corrected chi connectivity index (χ3v) is 5.23. The number of carbonyl (C=O) groups is 2. The van der Waals surface area contributed by atoms with E-state index in [1.165, 1.54) is 24.6 Å². The second-order valence-corrected chi connectivity index (χ2v) is 6.95. The van der Waals surface area contributed by atoms with Crippen molar-refractivity contribution in [1.82, 2.24) is 9.80 Å². The molecule has 24 heavy (non-hydrogen) atoms. The SMILES string of the molecule is O=C([C@@H]1CCCN1C(=O)Cc1ccc(F)cc1Cl)N1CCCCC1. The Labute approximate surface area is 146 Å². The van der Waals surface area contributed by atoms with Gasteiger partial charge in [-0.05, 0) is 49.8 Å². The van der Waals surface area contributed by atoms with Gasteiger partial charge in [0.25, 0.3) is 0 Å². The highest BCUT2D eigenvalue weighted by Crippen LogP contribution is 2.24. The molecule has 3 rings (SSSR count). The number of halogens is 2. The summed E-state index contributed by atoms with van der Waals surface area (Å²) in [5.41, 5.74) is 0.596. The lowest BCUT2D eigenvalue weighted by atomic mass is 10.1. The van der Waals surface area contributed by atoms with Crippen LogP contribution in [0.3, 0.4) is 0 Å². The molecule has 6 heteroatoms. The summed E-state index contributed by atoms with van der Waals surface area (Å²) in [6.07, 6.45) is 4.91. The van der Waals surface area contributed by atoms with Crippen molar-refractivity contribution in [3.05, 3.63) is 34.6 Å². The van der Waals surface area contributed by atoms with Gasteiger partial charge in [-0.2, -0.15) is 0 Å². The summed E-state index contributed by atoms with van der Waals surface area (Å²) in [6, 6.07) is 3.70. The lowest BCUT2D eigenvalue weighted by Gasteiger charge is -2.32. The molecule has 130 valence electrons. The number of nitrogens with zero attached hydrogens (tertiary/aromatic N) is 2. The van der Waals surface area contributed by atoms with E-state index in [-0.39, 0.29) is 29.3 Å². The Balaban J connectivity index is 1.67. The quantitative estimate of drug-likeness (QED) is 0.839. The van der Waals surface area contributed by atoms with Crippen LogP contribution in [0, 0.1) is 5.82 Å². The maximum Gasteiger partial charge on any atom is 0.245 e. The van der Waals surface area contributed by atoms with Crippen LogP contribution in [0.4, 0.5) is 4.39 Å². The van der Waals surface area contributed by atoms with Gasteiger partial charge in [-0.25, -0.2) is 4.39 Å². The summed E-state index contributed by atoms with van der Waals surface area (Å²) < 4.78 is 13.1. The molecule has 0 unspecified atom stereocenters. The van der Waals surface area contributed by atoms with Crippen molar-refractivity contribution in [3.63, 3.8) is 0 Å². The topological polar surface area (TPSA) is 40.6 Å². The van der Waals surface area contributed by atoms with Crippen LogP contribution in [0.25, 0.3) is 0 Å². The molecule has 4 nitrogen and oxygen atoms in total. The third-order valence-electron chi connectivity index (χ3n) is 4.88. The second kappa shape index (κ2) is 7.51. The van der Waals surface area contributed by atoms with Crippen LogP contribution in [0.1, 0.15) is 37.7 Å². The average Bonchev–Trinajstić information content (AvgIpc) is 3.07. The van der Waals surface area contributed by atoms with E-state index in [2.05, 4.69) is 0 Å². The van der Waals surface area contributed by atoms with E-state index in [4.69, 9.17) is 11.6 Å². The van der Waals surface area contributed by atoms with E-state index in [0.29, 0.717) is 12.1 Å². The second-order valence-electron chi connectivity index (χ2n) is 6.54. The first-order chi connectivity index (χ1) is 11.6. The Kier molecular flexibility index (Phi) is 5.39. The van der Waals surface area contributed by atoms with Crippen LogP contribution < -0.4 is 0 Å². The molecule has 1 atom stereocenters. The van der Waals surface area contributed by atoms with Crippen LogP contribution in [-0.4, -0.2) is 47.3 Å². The lowest BCUT2D eigenvalue weighted by Crippen LogP contribution is -2.49. The number of benzene rings is 1. The number of rotatable bonds is 3. The van der Waals surface area contributed by atoms with Crippen molar-refractivity contribution in [2.45, 2.75) is 44.6 Å². The number of amides is 2. The molecule has 2 amide bonds. The minimum atomic E-state index is -0.421. The number of hydrogen-bond donors (Lipinski definition) is 0. The van der Waals surface area contributed by atoms with Crippen LogP contribution in [-0.2, 0) is 16.0 Å². The summed E-state index contributed by atoms with van der Waals surface area (Å²) in [5.74, 6) is -0.461. The molecule has 2 aliphatic rings. The van der Waals surface area contributed by atoms with Gasteiger partial charge in [0.05, 0.1) is 6.42 Å². The van der Waals surface area contributed by atoms with E-state index in [1.807, 2.05) is 4.90 Å². The standard InChI is InChI=1S/C18H22ClFN2O2/c19-15-12-14(20)7-6-13(15)11-17(23)22-10-4-5-16(22)18(24)21-8-2-1-3-9-21/h6-7,12,16H,1-5,8-11H2/t16-/m0/s1. The zero-order chi connectivity index (χ0) is 17.1. The van der Waals surface area contributed by atoms with Crippen molar-refractivity contribution in [3.8, 4) is 0 Å². The minimum Gasteiger partial charge on any atom is -0.341 e. The molecule has 2 fully saturated rings. The predicted octanol–water partition coefficient (Wildman–Crippen LogP) is 3.03. The first-order valence-corrected chi connectivity index (χ1v) is 8.96. The highest BCUT2D eigenvalue weighted by molar-refractivity contribution is 6.31. The van der Waals surface area contributed by atoms with Crippen LogP contribution >= 0.6 is 11.6 Å². The Morgan fingerprint density at radius 2 is 1.88 bits per heavy atom. The zero-order valence-corrected chi connectivity index (χ0v) is 14.4. The molecule has 0 aliphatic carbocycles. The van der Waals surface area contributed by atoms with Gasteiger partial charge >= 0.3 is 0 Å². The van der Waals surface area contributed by atoms with Gasteiger partial charge in [-0.1, -0.05) is 17.7 Å². The number of piperidine rings is 1. The third kappa shape index (κ3) is 3.72. The fourth-order valence-corrected chi connectivity index (χ4v) is 3.81. The Morgan fingerprint density at radius 3 is 2.58 bits per heavy atom. The largest absolute Gasteiger partial charge is 0.341 e. The van der Waals surface area contributed by atoms with Crippen molar-refractivity contribution < 1.29 is 14.0 Å². The molecule has 2 saturated heterocycles. The van der Waals surface area contributed by atoms with E-state index >= 15 is 0 Å². The Hall–Kier alpha value is -1.62. The summed E-state index contributed by atoms with van der Waals surface area (Å²) in [6.45, 7) is 2.18. The summed E-state index contributed by atoms with van der Waals surface area (Å²) in [4.78, 5) is 29.0. The molecule has 0 spiro atoms. The van der Waals surface area contributed by atoms with Crippen molar-refractivity contribution >= 4 is 23.4 Å². The molecular weight excluding hydrogens is 331 g/mol. The fraction of sp³-hybridized carbons (Fsp3) is 0.556. The first kappa shape index (κ1) is 17.2.